The van der Waals surface area contributed by atoms with Crippen molar-refractivity contribution in [3.05, 3.63) is 62.7 Å². The Morgan fingerprint density at radius 3 is 2.24 bits per heavy atom. The Bertz CT molecular complexity index is 848. The van der Waals surface area contributed by atoms with Crippen LogP contribution in [-0.2, 0) is 4.79 Å². The second-order valence-corrected chi connectivity index (χ2v) is 5.59. The number of hydrogen-bond acceptors (Lipinski definition) is 6. The molecular weight excluding hydrogens is 354 g/mol. The molecule has 0 saturated heterocycles. The van der Waals surface area contributed by atoms with Crippen LogP contribution >= 0.6 is 11.6 Å². The number of carboxylic acids is 1. The molecule has 1 atom stereocenters. The van der Waals surface area contributed by atoms with E-state index in [4.69, 9.17) is 16.7 Å². The maximum absolute atomic E-state index is 12.7. The van der Waals surface area contributed by atoms with Gasteiger partial charge >= 0.3 is 5.97 Å². The minimum absolute atomic E-state index is 0.167. The van der Waals surface area contributed by atoms with Gasteiger partial charge in [0.15, 0.2) is 5.78 Å². The number of carbonyl (C=O) groups is 2. The number of nitro benzene ring substituents is 1. The zero-order valence-corrected chi connectivity index (χ0v) is 13.3. The number of rotatable bonds is 6. The second kappa shape index (κ2) is 7.18. The van der Waals surface area contributed by atoms with E-state index in [1.807, 2.05) is 0 Å². The van der Waals surface area contributed by atoms with E-state index in [0.29, 0.717) is 0 Å². The average Bonchev–Trinajstić information content (AvgIpc) is 2.55. The van der Waals surface area contributed by atoms with E-state index in [1.165, 1.54) is 12.1 Å². The van der Waals surface area contributed by atoms with Crippen LogP contribution in [0.3, 0.4) is 0 Å². The van der Waals surface area contributed by atoms with Gasteiger partial charge in [-0.15, -0.1) is 0 Å². The molecule has 0 aliphatic heterocycles. The lowest BCUT2D eigenvalue weighted by Crippen LogP contribution is -2.17. The molecule has 0 aliphatic carbocycles. The summed E-state index contributed by atoms with van der Waals surface area (Å²) in [5.41, 5.74) is -0.282. The van der Waals surface area contributed by atoms with E-state index in [1.54, 1.807) is 0 Å². The van der Waals surface area contributed by atoms with Crippen molar-refractivity contribution in [3.63, 3.8) is 0 Å². The standard InChI is InChI=1S/C16H12ClNO7/c17-12-7-13(19)11(5-14(12)20)16(23)10(6-15(21)22)8-1-3-9(4-2-8)18(24)25/h1-5,7,10,19-20H,6H2,(H,21,22). The number of carboxylic acid groups (broad SMARTS) is 1. The van der Waals surface area contributed by atoms with Crippen molar-refractivity contribution in [2.24, 2.45) is 0 Å². The number of halogens is 1. The van der Waals surface area contributed by atoms with Crippen LogP contribution in [0.1, 0.15) is 28.3 Å². The molecule has 130 valence electrons. The first kappa shape index (κ1) is 18.2. The molecule has 0 saturated carbocycles. The van der Waals surface area contributed by atoms with Gasteiger partial charge in [0.05, 0.1) is 27.8 Å². The number of Topliss-reactive ketones (excluding diaryl/α,β-unsaturated/α-hetero) is 1. The van der Waals surface area contributed by atoms with Crippen LogP contribution in [-0.4, -0.2) is 32.0 Å². The van der Waals surface area contributed by atoms with E-state index < -0.39 is 40.5 Å². The fourth-order valence-corrected chi connectivity index (χ4v) is 2.46. The molecular formula is C16H12ClNO7. The first-order valence-corrected chi connectivity index (χ1v) is 7.30. The van der Waals surface area contributed by atoms with Gasteiger partial charge in [0.2, 0.25) is 0 Å². The molecule has 0 fully saturated rings. The van der Waals surface area contributed by atoms with E-state index >= 15 is 0 Å². The summed E-state index contributed by atoms with van der Waals surface area (Å²) in [6, 6.07) is 6.76. The Morgan fingerprint density at radius 1 is 1.12 bits per heavy atom. The highest BCUT2D eigenvalue weighted by Crippen LogP contribution is 2.35. The SMILES string of the molecule is O=C(O)CC(C(=O)c1cc(O)c(Cl)cc1O)c1ccc([N+](=O)[O-])cc1. The zero-order valence-electron chi connectivity index (χ0n) is 12.5. The Hall–Kier alpha value is -3.13. The molecule has 2 aromatic rings. The Morgan fingerprint density at radius 2 is 1.72 bits per heavy atom. The molecule has 0 bridgehead atoms. The Kier molecular flexibility index (Phi) is 5.23. The number of hydrogen-bond donors (Lipinski definition) is 3. The molecule has 25 heavy (non-hydrogen) atoms. The van der Waals surface area contributed by atoms with E-state index in [0.717, 1.165) is 24.3 Å². The van der Waals surface area contributed by atoms with Crippen LogP contribution in [0.2, 0.25) is 5.02 Å². The monoisotopic (exact) mass is 365 g/mol. The summed E-state index contributed by atoms with van der Waals surface area (Å²) in [5, 5.41) is 39.1. The van der Waals surface area contributed by atoms with Crippen LogP contribution < -0.4 is 0 Å². The normalized spacial score (nSPS) is 11.7. The van der Waals surface area contributed by atoms with Crippen LogP contribution in [0, 0.1) is 10.1 Å². The highest BCUT2D eigenvalue weighted by Gasteiger charge is 2.28. The van der Waals surface area contributed by atoms with Crippen molar-refractivity contribution >= 4 is 29.0 Å². The first-order valence-electron chi connectivity index (χ1n) is 6.92. The number of ketones is 1. The second-order valence-electron chi connectivity index (χ2n) is 5.18. The minimum atomic E-state index is -1.27. The summed E-state index contributed by atoms with van der Waals surface area (Å²) in [4.78, 5) is 33.9. The Labute approximate surface area is 146 Å². The molecule has 0 spiro atoms. The summed E-state index contributed by atoms with van der Waals surface area (Å²) in [7, 11) is 0. The molecule has 2 rings (SSSR count). The fraction of sp³-hybridized carbons (Fsp3) is 0.125. The smallest absolute Gasteiger partial charge is 0.304 e. The molecule has 8 nitrogen and oxygen atoms in total. The third-order valence-electron chi connectivity index (χ3n) is 3.53. The van der Waals surface area contributed by atoms with Gasteiger partial charge in [0, 0.05) is 18.2 Å². The van der Waals surface area contributed by atoms with Crippen LogP contribution in [0.25, 0.3) is 0 Å². The third kappa shape index (κ3) is 4.04. The van der Waals surface area contributed by atoms with Gasteiger partial charge in [-0.25, -0.2) is 0 Å². The fourth-order valence-electron chi connectivity index (χ4n) is 2.30. The van der Waals surface area contributed by atoms with Gasteiger partial charge in [-0.05, 0) is 11.6 Å². The number of phenols is 2. The topological polar surface area (TPSA) is 138 Å². The van der Waals surface area contributed by atoms with Gasteiger partial charge in [0.25, 0.3) is 5.69 Å². The van der Waals surface area contributed by atoms with Gasteiger partial charge in [0.1, 0.15) is 11.5 Å². The quantitative estimate of drug-likeness (QED) is 0.309. The number of nitrogens with zero attached hydrogens (tertiary/aromatic N) is 1. The molecule has 0 radical (unpaired) electrons. The lowest BCUT2D eigenvalue weighted by Gasteiger charge is -2.15. The molecule has 2 aromatic carbocycles. The Balaban J connectivity index is 2.46. The predicted octanol–water partition coefficient (Wildman–Crippen LogP) is 3.10. The van der Waals surface area contributed by atoms with E-state index in [2.05, 4.69) is 0 Å². The number of nitro groups is 1. The minimum Gasteiger partial charge on any atom is -0.507 e. The van der Waals surface area contributed by atoms with Crippen molar-refractivity contribution in [1.82, 2.24) is 0 Å². The summed E-state index contributed by atoms with van der Waals surface area (Å²) >= 11 is 5.64. The largest absolute Gasteiger partial charge is 0.507 e. The molecule has 3 N–H and O–H groups in total. The third-order valence-corrected chi connectivity index (χ3v) is 3.83. The molecule has 0 amide bonds. The van der Waals surface area contributed by atoms with Crippen molar-refractivity contribution in [1.29, 1.82) is 0 Å². The van der Waals surface area contributed by atoms with Crippen molar-refractivity contribution in [2.75, 3.05) is 0 Å². The number of aromatic hydroxyl groups is 2. The molecule has 1 unspecified atom stereocenters. The lowest BCUT2D eigenvalue weighted by atomic mass is 9.87. The van der Waals surface area contributed by atoms with Gasteiger partial charge in [-0.2, -0.15) is 0 Å². The van der Waals surface area contributed by atoms with Gasteiger partial charge in [-0.1, -0.05) is 23.7 Å². The number of phenolic OH excluding ortho intramolecular Hbond substituents is 2. The maximum atomic E-state index is 12.7. The van der Waals surface area contributed by atoms with E-state index in [-0.39, 0.29) is 21.8 Å². The van der Waals surface area contributed by atoms with Crippen molar-refractivity contribution in [3.8, 4) is 11.5 Å². The number of benzene rings is 2. The summed E-state index contributed by atoms with van der Waals surface area (Å²) in [5.74, 6) is -4.19. The number of aliphatic carboxylic acids is 1. The molecule has 0 heterocycles. The van der Waals surface area contributed by atoms with Gasteiger partial charge < -0.3 is 15.3 Å². The molecule has 0 aromatic heterocycles. The van der Waals surface area contributed by atoms with Crippen LogP contribution in [0.4, 0.5) is 5.69 Å². The predicted molar refractivity (Wildman–Crippen MR) is 87.2 cm³/mol. The maximum Gasteiger partial charge on any atom is 0.304 e. The summed E-state index contributed by atoms with van der Waals surface area (Å²) in [6.07, 6.45) is -0.598. The lowest BCUT2D eigenvalue weighted by molar-refractivity contribution is -0.384. The average molecular weight is 366 g/mol. The summed E-state index contributed by atoms with van der Waals surface area (Å²) in [6.45, 7) is 0. The number of non-ortho nitro benzene ring substituents is 1. The highest BCUT2D eigenvalue weighted by molar-refractivity contribution is 6.32. The van der Waals surface area contributed by atoms with E-state index in [9.17, 15) is 29.9 Å². The van der Waals surface area contributed by atoms with Crippen LogP contribution in [0.5, 0.6) is 11.5 Å². The van der Waals surface area contributed by atoms with Crippen LogP contribution in [0.15, 0.2) is 36.4 Å². The summed E-state index contributed by atoms with van der Waals surface area (Å²) < 4.78 is 0. The first-order chi connectivity index (χ1) is 11.7. The van der Waals surface area contributed by atoms with Crippen molar-refractivity contribution in [2.45, 2.75) is 12.3 Å². The zero-order chi connectivity index (χ0) is 18.7. The highest BCUT2D eigenvalue weighted by atomic mass is 35.5. The van der Waals surface area contributed by atoms with Gasteiger partial charge in [-0.3, -0.25) is 19.7 Å². The molecule has 9 heteroatoms. The number of carbonyl (C=O) groups excluding carboxylic acids is 1. The molecule has 0 aliphatic rings. The van der Waals surface area contributed by atoms with Crippen molar-refractivity contribution < 1.29 is 29.8 Å².